The highest BCUT2D eigenvalue weighted by Gasteiger charge is 2.15. The van der Waals surface area contributed by atoms with Crippen LogP contribution in [0.25, 0.3) is 21.2 Å². The van der Waals surface area contributed by atoms with Crippen molar-refractivity contribution in [2.24, 2.45) is 0 Å². The topological polar surface area (TPSA) is 43.1 Å². The molecule has 3 nitrogen and oxygen atoms in total. The molecule has 0 bridgehead atoms. The molecule has 1 aromatic carbocycles. The number of carbonyl (C=O) groups is 1. The Balaban J connectivity index is 1.81. The van der Waals surface area contributed by atoms with Crippen LogP contribution in [-0.4, -0.2) is 10.8 Å². The maximum Gasteiger partial charge on any atom is 0.229 e. The van der Waals surface area contributed by atoms with Gasteiger partial charge in [0.2, 0.25) is 5.78 Å². The fourth-order valence-electron chi connectivity index (χ4n) is 2.39. The minimum Gasteiger partial charge on any atom is -0.453 e. The van der Waals surface area contributed by atoms with E-state index >= 15 is 0 Å². The van der Waals surface area contributed by atoms with Crippen molar-refractivity contribution in [3.05, 3.63) is 64.9 Å². The third kappa shape index (κ3) is 2.04. The molecule has 21 heavy (non-hydrogen) atoms. The molecule has 0 aliphatic heterocycles. The van der Waals surface area contributed by atoms with Crippen LogP contribution in [0.4, 0.5) is 0 Å². The second-order valence-electron chi connectivity index (χ2n) is 5.01. The number of thiophene rings is 1. The van der Waals surface area contributed by atoms with Gasteiger partial charge in [-0.3, -0.25) is 9.78 Å². The molecule has 0 unspecified atom stereocenters. The summed E-state index contributed by atoms with van der Waals surface area (Å²) in [5, 5.41) is 2.92. The fraction of sp³-hybridized carbons (Fsp3) is 0.0588. The van der Waals surface area contributed by atoms with Crippen molar-refractivity contribution in [3.8, 4) is 0 Å². The van der Waals surface area contributed by atoms with Crippen molar-refractivity contribution in [2.75, 3.05) is 0 Å². The number of hydrogen-bond acceptors (Lipinski definition) is 4. The van der Waals surface area contributed by atoms with Crippen LogP contribution in [-0.2, 0) is 0 Å². The molecule has 0 radical (unpaired) electrons. The molecule has 0 atom stereocenters. The van der Waals surface area contributed by atoms with Crippen LogP contribution in [0.3, 0.4) is 0 Å². The molecule has 0 aliphatic rings. The molecule has 4 aromatic rings. The van der Waals surface area contributed by atoms with Crippen LogP contribution in [0.15, 0.2) is 52.4 Å². The number of nitrogens with zero attached hydrogens (tertiary/aromatic N) is 1. The Morgan fingerprint density at radius 2 is 2.10 bits per heavy atom. The highest BCUT2D eigenvalue weighted by Crippen LogP contribution is 2.24. The average molecular weight is 293 g/mol. The monoisotopic (exact) mass is 293 g/mol. The summed E-state index contributed by atoms with van der Waals surface area (Å²) in [6.07, 6.45) is 1.61. The molecular formula is C17H11NO2S. The Labute approximate surface area is 124 Å². The molecule has 4 heteroatoms. The number of pyridine rings is 1. The summed E-state index contributed by atoms with van der Waals surface area (Å²) < 4.78 is 6.67. The summed E-state index contributed by atoms with van der Waals surface area (Å²) in [6.45, 7) is 2.02. The van der Waals surface area contributed by atoms with E-state index in [1.807, 2.05) is 42.6 Å². The van der Waals surface area contributed by atoms with Crippen molar-refractivity contribution in [1.29, 1.82) is 0 Å². The Bertz CT molecular complexity index is 981. The summed E-state index contributed by atoms with van der Waals surface area (Å²) in [4.78, 5) is 16.8. The van der Waals surface area contributed by atoms with Crippen LogP contribution in [0.5, 0.6) is 0 Å². The Hall–Kier alpha value is -2.46. The summed E-state index contributed by atoms with van der Waals surface area (Å²) in [7, 11) is 0. The molecule has 3 heterocycles. The lowest BCUT2D eigenvalue weighted by molar-refractivity contribution is 0.101. The number of rotatable bonds is 2. The number of benzene rings is 1. The molecule has 3 aromatic heterocycles. The molecule has 0 spiro atoms. The first kappa shape index (κ1) is 12.3. The van der Waals surface area contributed by atoms with Gasteiger partial charge in [-0.05, 0) is 42.6 Å². The van der Waals surface area contributed by atoms with E-state index in [0.717, 1.165) is 26.7 Å². The quantitative estimate of drug-likeness (QED) is 0.508. The van der Waals surface area contributed by atoms with E-state index < -0.39 is 0 Å². The van der Waals surface area contributed by atoms with E-state index in [-0.39, 0.29) is 5.78 Å². The minimum absolute atomic E-state index is 0.133. The number of ketones is 1. The van der Waals surface area contributed by atoms with Gasteiger partial charge in [-0.2, -0.15) is 0 Å². The third-order valence-electron chi connectivity index (χ3n) is 3.46. The first-order chi connectivity index (χ1) is 10.2. The molecule has 0 saturated carbocycles. The summed E-state index contributed by atoms with van der Waals surface area (Å²) in [5.74, 6) is 0.222. The number of aryl methyl sites for hydroxylation is 1. The molecule has 0 saturated heterocycles. The van der Waals surface area contributed by atoms with E-state index in [1.54, 1.807) is 23.6 Å². The van der Waals surface area contributed by atoms with Gasteiger partial charge in [0.05, 0.1) is 10.2 Å². The maximum atomic E-state index is 12.5. The zero-order chi connectivity index (χ0) is 14.4. The molecule has 0 amide bonds. The lowest BCUT2D eigenvalue weighted by Gasteiger charge is -1.97. The van der Waals surface area contributed by atoms with Crippen LogP contribution >= 0.6 is 11.3 Å². The number of hydrogen-bond donors (Lipinski definition) is 0. The van der Waals surface area contributed by atoms with Gasteiger partial charge in [0.15, 0.2) is 5.76 Å². The zero-order valence-corrected chi connectivity index (χ0v) is 12.1. The first-order valence-electron chi connectivity index (χ1n) is 6.59. The molecular weight excluding hydrogens is 282 g/mol. The van der Waals surface area contributed by atoms with Crippen molar-refractivity contribution in [1.82, 2.24) is 4.98 Å². The van der Waals surface area contributed by atoms with Crippen LogP contribution in [0.1, 0.15) is 21.7 Å². The largest absolute Gasteiger partial charge is 0.453 e. The Morgan fingerprint density at radius 3 is 3.00 bits per heavy atom. The Morgan fingerprint density at radius 1 is 1.19 bits per heavy atom. The lowest BCUT2D eigenvalue weighted by atomic mass is 10.1. The maximum absolute atomic E-state index is 12.5. The van der Waals surface area contributed by atoms with Crippen LogP contribution in [0.2, 0.25) is 0 Å². The van der Waals surface area contributed by atoms with Crippen molar-refractivity contribution in [2.45, 2.75) is 6.92 Å². The van der Waals surface area contributed by atoms with Crippen molar-refractivity contribution >= 4 is 38.3 Å². The van der Waals surface area contributed by atoms with Gasteiger partial charge in [0.25, 0.3) is 0 Å². The molecule has 4 rings (SSSR count). The van der Waals surface area contributed by atoms with Crippen LogP contribution in [0, 0.1) is 6.92 Å². The predicted molar refractivity (Wildman–Crippen MR) is 84.0 cm³/mol. The van der Waals surface area contributed by atoms with Gasteiger partial charge in [-0.25, -0.2) is 0 Å². The fourth-order valence-corrected chi connectivity index (χ4v) is 3.17. The zero-order valence-electron chi connectivity index (χ0n) is 11.3. The molecule has 102 valence electrons. The standard InChI is InChI=1S/C17H11NO2S/c1-10-2-3-14-11(6-10)7-15(20-14)17(19)12-8-16-13(18-9-12)4-5-21-16/h2-9H,1H3. The summed E-state index contributed by atoms with van der Waals surface area (Å²) >= 11 is 1.58. The van der Waals surface area contributed by atoms with E-state index in [1.165, 1.54) is 0 Å². The average Bonchev–Trinajstić information content (AvgIpc) is 3.11. The molecule has 0 fully saturated rings. The van der Waals surface area contributed by atoms with Gasteiger partial charge in [0, 0.05) is 17.1 Å². The highest BCUT2D eigenvalue weighted by molar-refractivity contribution is 7.17. The van der Waals surface area contributed by atoms with E-state index in [0.29, 0.717) is 11.3 Å². The molecule has 0 aliphatic carbocycles. The predicted octanol–water partition coefficient (Wildman–Crippen LogP) is 4.58. The van der Waals surface area contributed by atoms with E-state index in [4.69, 9.17) is 4.42 Å². The number of carbonyl (C=O) groups excluding carboxylic acids is 1. The van der Waals surface area contributed by atoms with E-state index in [2.05, 4.69) is 4.98 Å². The van der Waals surface area contributed by atoms with Crippen LogP contribution < -0.4 is 0 Å². The number of fused-ring (bicyclic) bond motifs is 2. The Kier molecular flexibility index (Phi) is 2.65. The summed E-state index contributed by atoms with van der Waals surface area (Å²) in [5.41, 5.74) is 3.34. The lowest BCUT2D eigenvalue weighted by Crippen LogP contribution is -1.99. The second kappa shape index (κ2) is 4.53. The number of furan rings is 1. The summed E-state index contributed by atoms with van der Waals surface area (Å²) in [6, 6.07) is 11.5. The van der Waals surface area contributed by atoms with Gasteiger partial charge < -0.3 is 4.42 Å². The highest BCUT2D eigenvalue weighted by atomic mass is 32.1. The van der Waals surface area contributed by atoms with Gasteiger partial charge in [-0.15, -0.1) is 11.3 Å². The normalized spacial score (nSPS) is 11.3. The number of aromatic nitrogens is 1. The third-order valence-corrected chi connectivity index (χ3v) is 4.31. The van der Waals surface area contributed by atoms with Gasteiger partial charge in [0.1, 0.15) is 5.58 Å². The second-order valence-corrected chi connectivity index (χ2v) is 5.96. The first-order valence-corrected chi connectivity index (χ1v) is 7.47. The SMILES string of the molecule is Cc1ccc2oc(C(=O)c3cnc4ccsc4c3)cc2c1. The van der Waals surface area contributed by atoms with E-state index in [9.17, 15) is 4.79 Å². The smallest absolute Gasteiger partial charge is 0.229 e. The van der Waals surface area contributed by atoms with Crippen molar-refractivity contribution < 1.29 is 9.21 Å². The van der Waals surface area contributed by atoms with Gasteiger partial charge >= 0.3 is 0 Å². The molecule has 0 N–H and O–H groups in total. The van der Waals surface area contributed by atoms with Gasteiger partial charge in [-0.1, -0.05) is 11.6 Å². The van der Waals surface area contributed by atoms with Crippen molar-refractivity contribution in [3.63, 3.8) is 0 Å². The minimum atomic E-state index is -0.133.